The van der Waals surface area contributed by atoms with Crippen LogP contribution in [0.1, 0.15) is 29.8 Å². The molecular weight excluding hydrogens is 274 g/mol. The van der Waals surface area contributed by atoms with E-state index in [9.17, 15) is 4.79 Å². The molecule has 3 rings (SSSR count). The van der Waals surface area contributed by atoms with Crippen molar-refractivity contribution in [1.82, 2.24) is 9.97 Å². The van der Waals surface area contributed by atoms with Crippen molar-refractivity contribution >= 4 is 28.5 Å². The van der Waals surface area contributed by atoms with Gasteiger partial charge in [0.05, 0.1) is 11.0 Å². The van der Waals surface area contributed by atoms with E-state index in [2.05, 4.69) is 15.3 Å². The van der Waals surface area contributed by atoms with E-state index < -0.39 is 0 Å². The highest BCUT2D eigenvalue weighted by Crippen LogP contribution is 2.21. The van der Waals surface area contributed by atoms with Gasteiger partial charge in [-0.25, -0.2) is 4.98 Å². The number of rotatable bonds is 4. The van der Waals surface area contributed by atoms with Gasteiger partial charge in [-0.05, 0) is 42.8 Å². The Balaban J connectivity index is 1.83. The molecule has 0 saturated heterocycles. The highest BCUT2D eigenvalue weighted by Gasteiger charge is 2.10. The van der Waals surface area contributed by atoms with Crippen LogP contribution in [0.5, 0.6) is 0 Å². The number of carbonyl (C=O) groups is 1. The number of aryl methyl sites for hydroxylation is 1. The van der Waals surface area contributed by atoms with Crippen molar-refractivity contribution in [3.8, 4) is 0 Å². The highest BCUT2D eigenvalue weighted by molar-refractivity contribution is 5.97. The molecule has 0 unspecified atom stereocenters. The van der Waals surface area contributed by atoms with E-state index in [1.807, 2.05) is 63.2 Å². The maximum Gasteiger partial charge on any atom is 0.205 e. The first-order valence-corrected chi connectivity index (χ1v) is 7.41. The number of hydrogen-bond acceptors (Lipinski definition) is 3. The minimum Gasteiger partial charge on any atom is -0.326 e. The molecule has 1 aromatic heterocycles. The number of imidazole rings is 1. The van der Waals surface area contributed by atoms with E-state index in [4.69, 9.17) is 0 Å². The summed E-state index contributed by atoms with van der Waals surface area (Å²) >= 11 is 0. The second-order valence-corrected chi connectivity index (χ2v) is 5.78. The quantitative estimate of drug-likeness (QED) is 0.698. The molecule has 0 atom stereocenters. The zero-order valence-electron chi connectivity index (χ0n) is 13.0. The first-order chi connectivity index (χ1) is 10.5. The van der Waals surface area contributed by atoms with Crippen LogP contribution in [0, 0.1) is 12.8 Å². The number of hydrogen-bond donors (Lipinski definition) is 2. The zero-order chi connectivity index (χ0) is 15.7. The van der Waals surface area contributed by atoms with E-state index in [0.29, 0.717) is 5.95 Å². The average Bonchev–Trinajstić information content (AvgIpc) is 2.91. The van der Waals surface area contributed by atoms with Crippen LogP contribution in [0.25, 0.3) is 11.0 Å². The molecule has 0 radical (unpaired) electrons. The van der Waals surface area contributed by atoms with Gasteiger partial charge in [0.25, 0.3) is 0 Å². The predicted molar refractivity (Wildman–Crippen MR) is 89.7 cm³/mol. The van der Waals surface area contributed by atoms with E-state index in [1.54, 1.807) is 0 Å². The highest BCUT2D eigenvalue weighted by atomic mass is 16.1. The SMILES string of the molecule is Cc1cccc2[nH]c(Nc3ccc(C(=O)C(C)C)cc3)nc12. The van der Waals surface area contributed by atoms with Crippen LogP contribution in [-0.2, 0) is 0 Å². The molecule has 2 aromatic carbocycles. The maximum absolute atomic E-state index is 11.9. The molecule has 2 N–H and O–H groups in total. The summed E-state index contributed by atoms with van der Waals surface area (Å²) in [6.45, 7) is 5.86. The molecule has 0 spiro atoms. The van der Waals surface area contributed by atoms with Crippen LogP contribution < -0.4 is 5.32 Å². The van der Waals surface area contributed by atoms with Crippen molar-refractivity contribution < 1.29 is 4.79 Å². The summed E-state index contributed by atoms with van der Waals surface area (Å²) in [5.74, 6) is 0.871. The Morgan fingerprint density at radius 3 is 2.50 bits per heavy atom. The van der Waals surface area contributed by atoms with Gasteiger partial charge in [-0.2, -0.15) is 0 Å². The Hall–Kier alpha value is -2.62. The fourth-order valence-electron chi connectivity index (χ4n) is 2.42. The molecule has 0 fully saturated rings. The predicted octanol–water partition coefficient (Wildman–Crippen LogP) is 4.45. The van der Waals surface area contributed by atoms with Crippen LogP contribution >= 0.6 is 0 Å². The maximum atomic E-state index is 11.9. The van der Waals surface area contributed by atoms with Crippen LogP contribution in [0.15, 0.2) is 42.5 Å². The molecule has 22 heavy (non-hydrogen) atoms. The normalized spacial score (nSPS) is 11.1. The van der Waals surface area contributed by atoms with E-state index >= 15 is 0 Å². The Morgan fingerprint density at radius 2 is 1.86 bits per heavy atom. The average molecular weight is 293 g/mol. The van der Waals surface area contributed by atoms with Gasteiger partial charge in [0.1, 0.15) is 0 Å². The van der Waals surface area contributed by atoms with Gasteiger partial charge in [0.2, 0.25) is 5.95 Å². The molecule has 0 aliphatic heterocycles. The molecule has 0 aliphatic carbocycles. The number of aromatic amines is 1. The van der Waals surface area contributed by atoms with E-state index in [1.165, 1.54) is 0 Å². The minimum atomic E-state index is 0.0113. The number of Topliss-reactive ketones (excluding diaryl/α,β-unsaturated/α-hetero) is 1. The Bertz CT molecular complexity index is 816. The second-order valence-electron chi connectivity index (χ2n) is 5.78. The monoisotopic (exact) mass is 293 g/mol. The van der Waals surface area contributed by atoms with Crippen molar-refractivity contribution in [2.45, 2.75) is 20.8 Å². The number of para-hydroxylation sites is 1. The summed E-state index contributed by atoms with van der Waals surface area (Å²) in [6, 6.07) is 13.5. The molecule has 1 heterocycles. The van der Waals surface area contributed by atoms with Crippen molar-refractivity contribution in [2.75, 3.05) is 5.32 Å². The van der Waals surface area contributed by atoms with Gasteiger partial charge in [-0.3, -0.25) is 4.79 Å². The Labute approximate surface area is 129 Å². The third-order valence-corrected chi connectivity index (χ3v) is 3.67. The van der Waals surface area contributed by atoms with Crippen LogP contribution in [-0.4, -0.2) is 15.8 Å². The Kier molecular flexibility index (Phi) is 3.67. The number of anilines is 2. The second kappa shape index (κ2) is 5.64. The largest absolute Gasteiger partial charge is 0.326 e. The summed E-state index contributed by atoms with van der Waals surface area (Å²) in [5, 5.41) is 3.24. The smallest absolute Gasteiger partial charge is 0.205 e. The summed E-state index contributed by atoms with van der Waals surface area (Å²) in [5.41, 5.74) is 4.75. The standard InChI is InChI=1S/C18H19N3O/c1-11(2)17(22)13-7-9-14(10-8-13)19-18-20-15-6-4-5-12(3)16(15)21-18/h4-11H,1-3H3,(H2,19,20,21). The number of H-pyrrole nitrogens is 1. The summed E-state index contributed by atoms with van der Waals surface area (Å²) in [4.78, 5) is 19.7. The van der Waals surface area contributed by atoms with Gasteiger partial charge in [0, 0.05) is 17.2 Å². The fraction of sp³-hybridized carbons (Fsp3) is 0.222. The molecule has 0 aliphatic rings. The number of ketones is 1. The summed E-state index contributed by atoms with van der Waals surface area (Å²) in [7, 11) is 0. The molecule has 0 saturated carbocycles. The zero-order valence-corrected chi connectivity index (χ0v) is 13.0. The van der Waals surface area contributed by atoms with Crippen LogP contribution in [0.3, 0.4) is 0 Å². The van der Waals surface area contributed by atoms with E-state index in [-0.39, 0.29) is 11.7 Å². The lowest BCUT2D eigenvalue weighted by molar-refractivity contribution is 0.0939. The topological polar surface area (TPSA) is 57.8 Å². The van der Waals surface area contributed by atoms with Gasteiger partial charge < -0.3 is 10.3 Å². The molecule has 0 bridgehead atoms. The van der Waals surface area contributed by atoms with Gasteiger partial charge in [0.15, 0.2) is 5.78 Å². The lowest BCUT2D eigenvalue weighted by Gasteiger charge is -2.06. The number of fused-ring (bicyclic) bond motifs is 1. The van der Waals surface area contributed by atoms with Crippen molar-refractivity contribution in [1.29, 1.82) is 0 Å². The molecule has 4 nitrogen and oxygen atoms in total. The van der Waals surface area contributed by atoms with Gasteiger partial charge in [-0.1, -0.05) is 26.0 Å². The van der Waals surface area contributed by atoms with E-state index in [0.717, 1.165) is 27.8 Å². The van der Waals surface area contributed by atoms with Crippen molar-refractivity contribution in [3.63, 3.8) is 0 Å². The van der Waals surface area contributed by atoms with Crippen molar-refractivity contribution in [2.24, 2.45) is 5.92 Å². The molecule has 4 heteroatoms. The molecule has 3 aromatic rings. The number of nitrogens with one attached hydrogen (secondary N) is 2. The summed E-state index contributed by atoms with van der Waals surface area (Å²) in [6.07, 6.45) is 0. The van der Waals surface area contributed by atoms with Crippen molar-refractivity contribution in [3.05, 3.63) is 53.6 Å². The fourth-order valence-corrected chi connectivity index (χ4v) is 2.42. The molecule has 0 amide bonds. The van der Waals surface area contributed by atoms with Gasteiger partial charge in [-0.15, -0.1) is 0 Å². The summed E-state index contributed by atoms with van der Waals surface area (Å²) < 4.78 is 0. The number of benzene rings is 2. The first-order valence-electron chi connectivity index (χ1n) is 7.41. The van der Waals surface area contributed by atoms with Crippen LogP contribution in [0.2, 0.25) is 0 Å². The number of carbonyl (C=O) groups excluding carboxylic acids is 1. The minimum absolute atomic E-state index is 0.0113. The molecule has 112 valence electrons. The van der Waals surface area contributed by atoms with Gasteiger partial charge >= 0.3 is 0 Å². The van der Waals surface area contributed by atoms with Crippen LogP contribution in [0.4, 0.5) is 11.6 Å². The number of aromatic nitrogens is 2. The Morgan fingerprint density at radius 1 is 1.14 bits per heavy atom. The third-order valence-electron chi connectivity index (χ3n) is 3.67. The molecular formula is C18H19N3O. The number of nitrogens with zero attached hydrogens (tertiary/aromatic N) is 1. The third kappa shape index (κ3) is 2.72. The lowest BCUT2D eigenvalue weighted by Crippen LogP contribution is -2.07. The first kappa shape index (κ1) is 14.3. The lowest BCUT2D eigenvalue weighted by atomic mass is 10.0.